The number of furan rings is 2. The van der Waals surface area contributed by atoms with Crippen molar-refractivity contribution in [2.45, 2.75) is 5.41 Å². The number of benzene rings is 10. The summed E-state index contributed by atoms with van der Waals surface area (Å²) in [4.78, 5) is 4.78. The third-order valence-electron chi connectivity index (χ3n) is 13.8. The van der Waals surface area contributed by atoms with Gasteiger partial charge in [0, 0.05) is 67.7 Å². The van der Waals surface area contributed by atoms with E-state index in [1.807, 2.05) is 24.3 Å². The first-order chi connectivity index (χ1) is 32.2. The van der Waals surface area contributed by atoms with Crippen molar-refractivity contribution in [1.29, 1.82) is 0 Å². The number of hydrogen-bond donors (Lipinski definition) is 0. The lowest BCUT2D eigenvalue weighted by Crippen LogP contribution is -2.28. The molecule has 0 radical (unpaired) electrons. The average Bonchev–Trinajstić information content (AvgIpc) is 4.10. The highest BCUT2D eigenvalue weighted by Gasteiger charge is 2.53. The van der Waals surface area contributed by atoms with E-state index in [4.69, 9.17) is 8.83 Å². The van der Waals surface area contributed by atoms with Gasteiger partial charge in [0.05, 0.1) is 11.1 Å². The SMILES string of the molecule is c1ccc(N(c2ccc3c(c2)-c2ccccc2C32c3ccccc3-c3cccc(N(c4ccccc4)c4ccc5c(c4)oc4ccccc45)c32)c2ccc3c(c2)oc2ccccc23)cc1. The van der Waals surface area contributed by atoms with Crippen molar-refractivity contribution in [2.75, 3.05) is 9.80 Å². The molecule has 304 valence electrons. The highest BCUT2D eigenvalue weighted by molar-refractivity contribution is 6.08. The number of para-hydroxylation sites is 4. The van der Waals surface area contributed by atoms with E-state index in [-0.39, 0.29) is 0 Å². The zero-order chi connectivity index (χ0) is 42.6. The fourth-order valence-electron chi connectivity index (χ4n) is 11.2. The molecule has 2 aliphatic carbocycles. The molecule has 4 heteroatoms. The van der Waals surface area contributed by atoms with Gasteiger partial charge >= 0.3 is 0 Å². The Bertz CT molecular complexity index is 3870. The van der Waals surface area contributed by atoms with E-state index in [1.54, 1.807) is 0 Å². The van der Waals surface area contributed by atoms with Gasteiger partial charge in [-0.1, -0.05) is 140 Å². The molecular weight excluding hydrogens is 793 g/mol. The van der Waals surface area contributed by atoms with E-state index in [1.165, 1.54) is 44.5 Å². The molecule has 2 aromatic heterocycles. The van der Waals surface area contributed by atoms with Crippen molar-refractivity contribution >= 4 is 78.0 Å². The maximum absolute atomic E-state index is 6.54. The molecule has 0 saturated heterocycles. The minimum absolute atomic E-state index is 0.617. The van der Waals surface area contributed by atoms with Gasteiger partial charge in [0.1, 0.15) is 22.3 Å². The van der Waals surface area contributed by atoms with Crippen LogP contribution in [0.1, 0.15) is 22.3 Å². The summed E-state index contributed by atoms with van der Waals surface area (Å²) < 4.78 is 13.0. The number of rotatable bonds is 6. The van der Waals surface area contributed by atoms with Crippen molar-refractivity contribution < 1.29 is 8.83 Å². The van der Waals surface area contributed by atoms with Crippen molar-refractivity contribution in [3.63, 3.8) is 0 Å². The predicted octanol–water partition coefficient (Wildman–Crippen LogP) is 16.8. The van der Waals surface area contributed by atoms with Crippen LogP contribution in [0.5, 0.6) is 0 Å². The smallest absolute Gasteiger partial charge is 0.137 e. The van der Waals surface area contributed by atoms with Gasteiger partial charge in [-0.2, -0.15) is 0 Å². The minimum atomic E-state index is -0.617. The van der Waals surface area contributed by atoms with Crippen LogP contribution in [-0.2, 0) is 5.41 Å². The molecule has 14 rings (SSSR count). The molecule has 0 N–H and O–H groups in total. The van der Waals surface area contributed by atoms with Crippen molar-refractivity contribution in [1.82, 2.24) is 0 Å². The molecule has 0 bridgehead atoms. The van der Waals surface area contributed by atoms with Crippen LogP contribution in [0.2, 0.25) is 0 Å². The summed E-state index contributed by atoms with van der Waals surface area (Å²) in [5.74, 6) is 0. The van der Waals surface area contributed by atoms with Crippen molar-refractivity contribution in [3.05, 3.63) is 253 Å². The molecule has 0 saturated carbocycles. The van der Waals surface area contributed by atoms with Crippen molar-refractivity contribution in [3.8, 4) is 22.3 Å². The minimum Gasteiger partial charge on any atom is -0.456 e. The molecule has 4 nitrogen and oxygen atoms in total. The van der Waals surface area contributed by atoms with E-state index >= 15 is 0 Å². The van der Waals surface area contributed by atoms with E-state index in [0.29, 0.717) is 0 Å². The van der Waals surface area contributed by atoms with Crippen LogP contribution in [0.15, 0.2) is 239 Å². The number of anilines is 6. The third-order valence-corrected chi connectivity index (χ3v) is 13.8. The lowest BCUT2D eigenvalue weighted by atomic mass is 9.70. The van der Waals surface area contributed by atoms with Gasteiger partial charge < -0.3 is 18.6 Å². The lowest BCUT2D eigenvalue weighted by Gasteiger charge is -2.36. The first-order valence-corrected chi connectivity index (χ1v) is 22.2. The summed E-state index contributed by atoms with van der Waals surface area (Å²) in [5, 5.41) is 4.46. The van der Waals surface area contributed by atoms with Gasteiger partial charge in [0.25, 0.3) is 0 Å². The molecule has 1 spiro atoms. The van der Waals surface area contributed by atoms with E-state index < -0.39 is 5.41 Å². The summed E-state index contributed by atoms with van der Waals surface area (Å²) in [5.41, 5.74) is 19.3. The zero-order valence-electron chi connectivity index (χ0n) is 35.2. The molecule has 0 amide bonds. The largest absolute Gasteiger partial charge is 0.456 e. The molecule has 0 aliphatic heterocycles. The normalized spacial score (nSPS) is 14.5. The zero-order valence-corrected chi connectivity index (χ0v) is 35.2. The van der Waals surface area contributed by atoms with E-state index in [2.05, 4.69) is 216 Å². The van der Waals surface area contributed by atoms with Crippen LogP contribution >= 0.6 is 0 Å². The Balaban J connectivity index is 1.01. The second kappa shape index (κ2) is 13.7. The number of fused-ring (bicyclic) bond motifs is 16. The summed E-state index contributed by atoms with van der Waals surface area (Å²) in [7, 11) is 0. The van der Waals surface area contributed by atoms with Crippen LogP contribution in [0, 0.1) is 0 Å². The molecule has 2 aliphatic rings. The highest BCUT2D eigenvalue weighted by atomic mass is 16.3. The van der Waals surface area contributed by atoms with E-state index in [0.717, 1.165) is 78.0 Å². The van der Waals surface area contributed by atoms with Crippen LogP contribution < -0.4 is 9.80 Å². The average molecular weight is 831 g/mol. The standard InChI is InChI=1S/C61H38N2O2/c1-3-16-39(17-4-1)62(42-30-33-48-46-22-9-13-28-56(46)64-58(48)37-42)41-32-35-54-51(36-41)45-21-8-12-26-53(45)61(54)52-25-11-7-20-44(52)50-24-15-27-55(60(50)61)63(40-18-5-2-6-19-40)43-31-34-49-47-23-10-14-29-57(47)65-59(49)38-43/h1-38H. The second-order valence-corrected chi connectivity index (χ2v) is 17.2. The Morgan fingerprint density at radius 3 is 1.35 bits per heavy atom. The number of hydrogen-bond acceptors (Lipinski definition) is 4. The Morgan fingerprint density at radius 1 is 0.277 bits per heavy atom. The summed E-state index contributed by atoms with van der Waals surface area (Å²) >= 11 is 0. The quantitative estimate of drug-likeness (QED) is 0.167. The fraction of sp³-hybridized carbons (Fsp3) is 0.0164. The summed E-state index contributed by atoms with van der Waals surface area (Å²) in [6.45, 7) is 0. The lowest BCUT2D eigenvalue weighted by molar-refractivity contribution is 0.668. The molecule has 1 unspecified atom stereocenters. The Hall–Kier alpha value is -8.60. The third kappa shape index (κ3) is 5.08. The topological polar surface area (TPSA) is 32.8 Å². The van der Waals surface area contributed by atoms with E-state index in [9.17, 15) is 0 Å². The van der Waals surface area contributed by atoms with Gasteiger partial charge in [0.15, 0.2) is 0 Å². The Kier molecular flexibility index (Phi) is 7.57. The summed E-state index contributed by atoms with van der Waals surface area (Å²) in [6.07, 6.45) is 0. The van der Waals surface area contributed by atoms with Crippen LogP contribution in [0.25, 0.3) is 66.1 Å². The van der Waals surface area contributed by atoms with Crippen LogP contribution in [0.3, 0.4) is 0 Å². The molecule has 0 fully saturated rings. The van der Waals surface area contributed by atoms with Gasteiger partial charge in [-0.05, 0) is 118 Å². The van der Waals surface area contributed by atoms with Gasteiger partial charge in [-0.15, -0.1) is 0 Å². The maximum atomic E-state index is 6.54. The maximum Gasteiger partial charge on any atom is 0.137 e. The summed E-state index contributed by atoms with van der Waals surface area (Å²) in [6, 6.07) is 83.3. The Labute approximate surface area is 375 Å². The molecule has 2 heterocycles. The molecule has 1 atom stereocenters. The first kappa shape index (κ1) is 35.9. The molecular formula is C61H38N2O2. The Morgan fingerprint density at radius 2 is 0.723 bits per heavy atom. The molecule has 10 aromatic carbocycles. The van der Waals surface area contributed by atoms with Crippen LogP contribution in [0.4, 0.5) is 34.1 Å². The van der Waals surface area contributed by atoms with Crippen LogP contribution in [-0.4, -0.2) is 0 Å². The second-order valence-electron chi connectivity index (χ2n) is 17.2. The predicted molar refractivity (Wildman–Crippen MR) is 267 cm³/mol. The molecule has 12 aromatic rings. The van der Waals surface area contributed by atoms with Crippen molar-refractivity contribution in [2.24, 2.45) is 0 Å². The van der Waals surface area contributed by atoms with Gasteiger partial charge in [0.2, 0.25) is 0 Å². The van der Waals surface area contributed by atoms with Gasteiger partial charge in [-0.25, -0.2) is 0 Å². The monoisotopic (exact) mass is 830 g/mol. The number of nitrogens with zero attached hydrogens (tertiary/aromatic N) is 2. The molecule has 65 heavy (non-hydrogen) atoms. The highest BCUT2D eigenvalue weighted by Crippen LogP contribution is 2.66. The fourth-order valence-corrected chi connectivity index (χ4v) is 11.2. The first-order valence-electron chi connectivity index (χ1n) is 22.2. The van der Waals surface area contributed by atoms with Gasteiger partial charge in [-0.3, -0.25) is 0 Å².